The number of benzene rings is 2. The van der Waals surface area contributed by atoms with Crippen LogP contribution in [0.1, 0.15) is 26.4 Å². The lowest BCUT2D eigenvalue weighted by atomic mass is 10.0. The van der Waals surface area contributed by atoms with Crippen LogP contribution in [0.4, 0.5) is 11.6 Å². The quantitative estimate of drug-likeness (QED) is 0.436. The van der Waals surface area contributed by atoms with Crippen LogP contribution in [0, 0.1) is 0 Å². The van der Waals surface area contributed by atoms with E-state index >= 15 is 0 Å². The van der Waals surface area contributed by atoms with E-state index in [1.54, 1.807) is 36.4 Å². The van der Waals surface area contributed by atoms with E-state index in [-0.39, 0.29) is 17.4 Å². The average molecular weight is 406 g/mol. The first-order valence-electron chi connectivity index (χ1n) is 8.79. The molecule has 4 rings (SSSR count). The van der Waals surface area contributed by atoms with Crippen LogP contribution in [-0.4, -0.2) is 33.7 Å². The molecule has 0 spiro atoms. The first-order chi connectivity index (χ1) is 14.0. The molecular formula is C21H16ClN5O2. The van der Waals surface area contributed by atoms with Crippen LogP contribution in [0.15, 0.2) is 60.8 Å². The molecule has 29 heavy (non-hydrogen) atoms. The fraction of sp³-hybridized carbons (Fsp3) is 0.0476. The van der Waals surface area contributed by atoms with Gasteiger partial charge in [0.1, 0.15) is 5.69 Å². The number of fused-ring (bicyclic) bond motifs is 1. The van der Waals surface area contributed by atoms with Crippen molar-refractivity contribution in [1.29, 1.82) is 0 Å². The highest BCUT2D eigenvalue weighted by molar-refractivity contribution is 6.30. The maximum absolute atomic E-state index is 12.9. The Labute approximate surface area is 171 Å². The molecule has 0 radical (unpaired) electrons. The van der Waals surface area contributed by atoms with E-state index in [1.165, 1.54) is 19.3 Å². The molecule has 0 aliphatic heterocycles. The number of pyridine rings is 1. The Kier molecular flexibility index (Phi) is 4.97. The van der Waals surface area contributed by atoms with Gasteiger partial charge in [-0.2, -0.15) is 0 Å². The maximum Gasteiger partial charge on any atom is 0.269 e. The van der Waals surface area contributed by atoms with Crippen LogP contribution in [0.2, 0.25) is 5.02 Å². The van der Waals surface area contributed by atoms with Gasteiger partial charge in [0.15, 0.2) is 5.78 Å². The summed E-state index contributed by atoms with van der Waals surface area (Å²) in [6, 6.07) is 15.5. The van der Waals surface area contributed by atoms with Gasteiger partial charge in [0.2, 0.25) is 5.95 Å². The van der Waals surface area contributed by atoms with E-state index in [4.69, 9.17) is 11.6 Å². The number of hydrogen-bond donors (Lipinski definition) is 3. The minimum absolute atomic E-state index is 0.190. The molecule has 0 saturated heterocycles. The Morgan fingerprint density at radius 3 is 2.52 bits per heavy atom. The van der Waals surface area contributed by atoms with E-state index in [0.29, 0.717) is 27.6 Å². The van der Waals surface area contributed by atoms with Crippen molar-refractivity contribution in [2.24, 2.45) is 0 Å². The average Bonchev–Trinajstić information content (AvgIpc) is 3.15. The molecule has 2 aromatic heterocycles. The third-order valence-corrected chi connectivity index (χ3v) is 4.58. The number of carbonyl (C=O) groups excluding carboxylic acids is 2. The number of H-pyrrole nitrogens is 1. The van der Waals surface area contributed by atoms with Gasteiger partial charge in [-0.25, -0.2) is 4.98 Å². The van der Waals surface area contributed by atoms with Crippen molar-refractivity contribution in [3.63, 3.8) is 0 Å². The van der Waals surface area contributed by atoms with Gasteiger partial charge < -0.3 is 15.6 Å². The second-order valence-electron chi connectivity index (χ2n) is 6.29. The molecule has 2 aromatic carbocycles. The first kappa shape index (κ1) is 18.6. The lowest BCUT2D eigenvalue weighted by molar-refractivity contribution is 0.0958. The van der Waals surface area contributed by atoms with E-state index in [1.807, 2.05) is 12.1 Å². The summed E-state index contributed by atoms with van der Waals surface area (Å²) in [6.45, 7) is 0. The number of imidazole rings is 1. The number of anilines is 2. The molecule has 0 aliphatic carbocycles. The monoisotopic (exact) mass is 405 g/mol. The predicted molar refractivity (Wildman–Crippen MR) is 112 cm³/mol. The number of hydrogen-bond acceptors (Lipinski definition) is 5. The van der Waals surface area contributed by atoms with E-state index in [0.717, 1.165) is 11.2 Å². The minimum Gasteiger partial charge on any atom is -0.354 e. The summed E-state index contributed by atoms with van der Waals surface area (Å²) >= 11 is 5.90. The number of halogens is 1. The third-order valence-electron chi connectivity index (χ3n) is 4.33. The molecule has 144 valence electrons. The van der Waals surface area contributed by atoms with Crippen molar-refractivity contribution in [3.8, 4) is 0 Å². The van der Waals surface area contributed by atoms with Gasteiger partial charge in [-0.15, -0.1) is 0 Å². The molecule has 0 fully saturated rings. The summed E-state index contributed by atoms with van der Waals surface area (Å²) < 4.78 is 0. The highest BCUT2D eigenvalue weighted by Gasteiger charge is 2.14. The molecule has 0 saturated carbocycles. The molecule has 3 N–H and O–H groups in total. The lowest BCUT2D eigenvalue weighted by Gasteiger charge is -2.04. The fourth-order valence-corrected chi connectivity index (χ4v) is 3.00. The van der Waals surface area contributed by atoms with Gasteiger partial charge in [-0.3, -0.25) is 14.6 Å². The third kappa shape index (κ3) is 3.95. The summed E-state index contributed by atoms with van der Waals surface area (Å²) in [5.41, 5.74) is 3.33. The van der Waals surface area contributed by atoms with Gasteiger partial charge >= 0.3 is 0 Å². The van der Waals surface area contributed by atoms with Crippen LogP contribution < -0.4 is 10.6 Å². The minimum atomic E-state index is -0.346. The number of aromatic amines is 1. The van der Waals surface area contributed by atoms with Crippen molar-refractivity contribution in [2.75, 3.05) is 12.4 Å². The standard InChI is InChI=1S/C21H16ClN5O2/c1-23-20(29)18-11-13(8-9-24-18)19(28)12-2-7-16-17(10-12)27-21(26-16)25-15-5-3-14(22)4-6-15/h2-11H,1H3,(H,23,29)(H2,25,26,27). The van der Waals surface area contributed by atoms with Gasteiger partial charge in [0.05, 0.1) is 11.0 Å². The fourth-order valence-electron chi connectivity index (χ4n) is 2.87. The largest absolute Gasteiger partial charge is 0.354 e. The molecule has 2 heterocycles. The van der Waals surface area contributed by atoms with Gasteiger partial charge in [-0.05, 0) is 54.6 Å². The molecule has 0 bridgehead atoms. The van der Waals surface area contributed by atoms with Crippen LogP contribution in [0.3, 0.4) is 0 Å². The Hall–Kier alpha value is -3.71. The van der Waals surface area contributed by atoms with Crippen molar-refractivity contribution >= 4 is 46.0 Å². The molecule has 8 heteroatoms. The van der Waals surface area contributed by atoms with E-state index < -0.39 is 0 Å². The van der Waals surface area contributed by atoms with Crippen molar-refractivity contribution < 1.29 is 9.59 Å². The summed E-state index contributed by atoms with van der Waals surface area (Å²) in [4.78, 5) is 36.2. The summed E-state index contributed by atoms with van der Waals surface area (Å²) in [5, 5.41) is 6.31. The lowest BCUT2D eigenvalue weighted by Crippen LogP contribution is -2.19. The second-order valence-corrected chi connectivity index (χ2v) is 6.72. The highest BCUT2D eigenvalue weighted by Crippen LogP contribution is 2.22. The number of carbonyl (C=O) groups is 2. The number of nitrogens with zero attached hydrogens (tertiary/aromatic N) is 2. The first-order valence-corrected chi connectivity index (χ1v) is 9.16. The van der Waals surface area contributed by atoms with Crippen LogP contribution in [0.25, 0.3) is 11.0 Å². The number of ketones is 1. The molecule has 0 atom stereocenters. The van der Waals surface area contributed by atoms with Gasteiger partial charge in [0.25, 0.3) is 5.91 Å². The van der Waals surface area contributed by atoms with Crippen LogP contribution in [-0.2, 0) is 0 Å². The highest BCUT2D eigenvalue weighted by atomic mass is 35.5. The van der Waals surface area contributed by atoms with Crippen LogP contribution >= 0.6 is 11.6 Å². The second kappa shape index (κ2) is 7.73. The molecular weight excluding hydrogens is 390 g/mol. The molecule has 4 aromatic rings. The Morgan fingerprint density at radius 2 is 1.76 bits per heavy atom. The van der Waals surface area contributed by atoms with Gasteiger partial charge in [0, 0.05) is 35.1 Å². The van der Waals surface area contributed by atoms with Gasteiger partial charge in [-0.1, -0.05) is 11.6 Å². The molecule has 1 amide bonds. The Balaban J connectivity index is 1.61. The predicted octanol–water partition coefficient (Wildman–Crippen LogP) is 3.95. The number of aromatic nitrogens is 3. The smallest absolute Gasteiger partial charge is 0.269 e. The zero-order valence-electron chi connectivity index (χ0n) is 15.4. The number of amides is 1. The summed E-state index contributed by atoms with van der Waals surface area (Å²) in [6.07, 6.45) is 1.45. The van der Waals surface area contributed by atoms with Crippen LogP contribution in [0.5, 0.6) is 0 Å². The number of nitrogens with one attached hydrogen (secondary N) is 3. The maximum atomic E-state index is 12.9. The van der Waals surface area contributed by atoms with E-state index in [9.17, 15) is 9.59 Å². The van der Waals surface area contributed by atoms with Crippen molar-refractivity contribution in [1.82, 2.24) is 20.3 Å². The molecule has 0 unspecified atom stereocenters. The topological polar surface area (TPSA) is 99.8 Å². The van der Waals surface area contributed by atoms with E-state index in [2.05, 4.69) is 25.6 Å². The zero-order chi connectivity index (χ0) is 20.4. The summed E-state index contributed by atoms with van der Waals surface area (Å²) in [5.74, 6) is 0.000542. The van der Waals surface area contributed by atoms with Crippen molar-refractivity contribution in [2.45, 2.75) is 0 Å². The normalized spacial score (nSPS) is 10.7. The molecule has 7 nitrogen and oxygen atoms in total. The zero-order valence-corrected chi connectivity index (χ0v) is 16.1. The van der Waals surface area contributed by atoms with Crippen molar-refractivity contribution in [3.05, 3.63) is 82.6 Å². The Bertz CT molecular complexity index is 1220. The summed E-state index contributed by atoms with van der Waals surface area (Å²) in [7, 11) is 1.51. The Morgan fingerprint density at radius 1 is 1.00 bits per heavy atom. The number of rotatable bonds is 5. The molecule has 0 aliphatic rings. The SMILES string of the molecule is CNC(=O)c1cc(C(=O)c2ccc3nc(Nc4ccc(Cl)cc4)[nH]c3c2)ccn1.